The van der Waals surface area contributed by atoms with Gasteiger partial charge in [0, 0.05) is 11.6 Å². The lowest BCUT2D eigenvalue weighted by Gasteiger charge is -2.88. The summed E-state index contributed by atoms with van der Waals surface area (Å²) in [5.41, 5.74) is 3.72. The highest BCUT2D eigenvalue weighted by molar-refractivity contribution is 6.21. The van der Waals surface area contributed by atoms with Crippen LogP contribution in [0.5, 0.6) is 0 Å². The molecule has 1 amide bonds. The number of alkyl halides is 1. The first-order valence-electron chi connectivity index (χ1n) is 11.8. The summed E-state index contributed by atoms with van der Waals surface area (Å²) in [5.74, 6) is 3.64. The minimum absolute atomic E-state index is 0.0152. The van der Waals surface area contributed by atoms with E-state index >= 15 is 0 Å². The third kappa shape index (κ3) is 1.81. The molecule has 1 spiro atoms. The minimum Gasteiger partial charge on any atom is -0.347 e. The molecule has 28 heavy (non-hydrogen) atoms. The van der Waals surface area contributed by atoms with Gasteiger partial charge in [0.2, 0.25) is 0 Å². The summed E-state index contributed by atoms with van der Waals surface area (Å²) < 4.78 is 2.19. The SMILES string of the molecule is O=C(NC1C2CC3CC4CC1C342)c1nn(C2CCCCC2)c2c1CCCC2Cl. The Morgan fingerprint density at radius 2 is 1.79 bits per heavy atom. The summed E-state index contributed by atoms with van der Waals surface area (Å²) in [6, 6.07) is 0.858. The highest BCUT2D eigenvalue weighted by Crippen LogP contribution is 2.87. The third-order valence-corrected chi connectivity index (χ3v) is 10.3. The van der Waals surface area contributed by atoms with Crippen LogP contribution in [0.1, 0.15) is 97.4 Å². The number of hydrogen-bond donors (Lipinski definition) is 1. The summed E-state index contributed by atoms with van der Waals surface area (Å²) in [6.07, 6.45) is 13.4. The standard InChI is InChI=1S/C23H30ClN3O/c24-18-8-4-7-15-19(26-27(21(15)18)14-5-2-1-3-6-14)22(28)25-20-16-10-12-9-13-11-17(20)23(12,13)16/h12-14,16-18,20H,1-11H2,(H,25,28). The molecule has 0 aromatic carbocycles. The largest absolute Gasteiger partial charge is 0.347 e. The second kappa shape index (κ2) is 5.56. The number of carbonyl (C=O) groups is 1. The van der Waals surface area contributed by atoms with Crippen LogP contribution >= 0.6 is 11.6 Å². The van der Waals surface area contributed by atoms with Crippen LogP contribution in [0.3, 0.4) is 0 Å². The molecule has 5 heteroatoms. The molecule has 6 aliphatic carbocycles. The molecule has 1 aromatic heterocycles. The lowest BCUT2D eigenvalue weighted by atomic mass is 9.17. The van der Waals surface area contributed by atoms with E-state index in [-0.39, 0.29) is 11.3 Å². The number of halogens is 1. The highest BCUT2D eigenvalue weighted by atomic mass is 35.5. The number of carbonyl (C=O) groups excluding carboxylic acids is 1. The van der Waals surface area contributed by atoms with Gasteiger partial charge in [0.1, 0.15) is 0 Å². The van der Waals surface area contributed by atoms with E-state index in [0.717, 1.165) is 48.5 Å². The number of hydrogen-bond acceptors (Lipinski definition) is 2. The van der Waals surface area contributed by atoms with Crippen molar-refractivity contribution in [1.82, 2.24) is 15.1 Å². The molecule has 0 saturated heterocycles. The molecule has 4 nitrogen and oxygen atoms in total. The molecule has 5 fully saturated rings. The minimum atomic E-state index is 0.0152. The molecular formula is C23H30ClN3O. The number of amides is 1. The predicted octanol–water partition coefficient (Wildman–Crippen LogP) is 4.78. The molecule has 5 saturated carbocycles. The normalized spacial score (nSPS) is 45.3. The Hall–Kier alpha value is -1.03. The zero-order valence-corrected chi connectivity index (χ0v) is 17.3. The van der Waals surface area contributed by atoms with E-state index in [1.165, 1.54) is 57.1 Å². The van der Waals surface area contributed by atoms with E-state index in [1.54, 1.807) is 0 Å². The topological polar surface area (TPSA) is 46.9 Å². The third-order valence-electron chi connectivity index (χ3n) is 9.88. The molecule has 1 aromatic rings. The molecule has 5 atom stereocenters. The first-order valence-corrected chi connectivity index (χ1v) is 12.2. The van der Waals surface area contributed by atoms with Gasteiger partial charge in [-0.25, -0.2) is 0 Å². The molecule has 0 bridgehead atoms. The van der Waals surface area contributed by atoms with Crippen molar-refractivity contribution in [1.29, 1.82) is 0 Å². The number of aromatic nitrogens is 2. The average molecular weight is 400 g/mol. The van der Waals surface area contributed by atoms with Crippen molar-refractivity contribution in [3.05, 3.63) is 17.0 Å². The fourth-order valence-corrected chi connectivity index (χ4v) is 9.04. The van der Waals surface area contributed by atoms with E-state index < -0.39 is 0 Å². The highest BCUT2D eigenvalue weighted by Gasteiger charge is 2.84. The smallest absolute Gasteiger partial charge is 0.272 e. The first kappa shape index (κ1) is 16.7. The lowest BCUT2D eigenvalue weighted by Crippen LogP contribution is -2.87. The summed E-state index contributed by atoms with van der Waals surface area (Å²) in [6.45, 7) is 0. The van der Waals surface area contributed by atoms with Gasteiger partial charge in [-0.1, -0.05) is 19.3 Å². The van der Waals surface area contributed by atoms with Crippen molar-refractivity contribution in [2.45, 2.75) is 88.1 Å². The van der Waals surface area contributed by atoms with Crippen LogP contribution in [0.2, 0.25) is 0 Å². The van der Waals surface area contributed by atoms with E-state index in [4.69, 9.17) is 16.7 Å². The molecule has 7 rings (SSSR count). The Kier molecular flexibility index (Phi) is 3.32. The van der Waals surface area contributed by atoms with Crippen molar-refractivity contribution < 1.29 is 4.79 Å². The van der Waals surface area contributed by atoms with E-state index in [0.29, 0.717) is 23.2 Å². The number of nitrogens with one attached hydrogen (secondary N) is 1. The molecule has 1 N–H and O–H groups in total. The maximum Gasteiger partial charge on any atom is 0.272 e. The summed E-state index contributed by atoms with van der Waals surface area (Å²) in [5, 5.41) is 8.41. The number of fused-ring (bicyclic) bond motifs is 1. The Labute approximate surface area is 171 Å². The first-order chi connectivity index (χ1) is 13.7. The summed E-state index contributed by atoms with van der Waals surface area (Å²) >= 11 is 6.76. The van der Waals surface area contributed by atoms with E-state index in [2.05, 4.69) is 10.00 Å². The maximum absolute atomic E-state index is 13.3. The van der Waals surface area contributed by atoms with Gasteiger partial charge in [-0.2, -0.15) is 5.10 Å². The Balaban J connectivity index is 1.18. The molecule has 1 heterocycles. The van der Waals surface area contributed by atoms with Crippen molar-refractivity contribution >= 4 is 17.5 Å². The van der Waals surface area contributed by atoms with Gasteiger partial charge in [0.15, 0.2) is 5.69 Å². The second-order valence-electron chi connectivity index (χ2n) is 10.6. The van der Waals surface area contributed by atoms with E-state index in [1.807, 2.05) is 0 Å². The van der Waals surface area contributed by atoms with Crippen LogP contribution in [0.4, 0.5) is 0 Å². The quantitative estimate of drug-likeness (QED) is 0.743. The maximum atomic E-state index is 13.3. The van der Waals surface area contributed by atoms with E-state index in [9.17, 15) is 4.79 Å². The van der Waals surface area contributed by atoms with Crippen molar-refractivity contribution in [3.8, 4) is 0 Å². The predicted molar refractivity (Wildman–Crippen MR) is 107 cm³/mol. The van der Waals surface area contributed by atoms with Crippen molar-refractivity contribution in [3.63, 3.8) is 0 Å². The molecule has 0 aliphatic heterocycles. The Bertz CT molecular complexity index is 834. The fourth-order valence-electron chi connectivity index (χ4n) is 8.65. The van der Waals surface area contributed by atoms with Crippen LogP contribution in [0.25, 0.3) is 0 Å². The van der Waals surface area contributed by atoms with Crippen LogP contribution < -0.4 is 5.32 Å². The summed E-state index contributed by atoms with van der Waals surface area (Å²) in [7, 11) is 0. The van der Waals surface area contributed by atoms with Crippen LogP contribution in [0, 0.1) is 29.1 Å². The number of rotatable bonds is 3. The van der Waals surface area contributed by atoms with Gasteiger partial charge in [-0.15, -0.1) is 11.6 Å². The van der Waals surface area contributed by atoms with Gasteiger partial charge >= 0.3 is 0 Å². The van der Waals surface area contributed by atoms with Gasteiger partial charge in [0.05, 0.1) is 17.1 Å². The molecule has 5 unspecified atom stereocenters. The Morgan fingerprint density at radius 1 is 1.04 bits per heavy atom. The van der Waals surface area contributed by atoms with Crippen LogP contribution in [0.15, 0.2) is 0 Å². The number of nitrogens with zero attached hydrogens (tertiary/aromatic N) is 2. The second-order valence-corrected chi connectivity index (χ2v) is 11.1. The van der Waals surface area contributed by atoms with Gasteiger partial charge < -0.3 is 5.32 Å². The van der Waals surface area contributed by atoms with Crippen molar-refractivity contribution in [2.24, 2.45) is 29.1 Å². The zero-order chi connectivity index (χ0) is 18.6. The molecule has 0 radical (unpaired) electrons. The van der Waals surface area contributed by atoms with Crippen LogP contribution in [-0.2, 0) is 6.42 Å². The monoisotopic (exact) mass is 399 g/mol. The lowest BCUT2D eigenvalue weighted by molar-refractivity contribution is -0.389. The Morgan fingerprint density at radius 3 is 2.50 bits per heavy atom. The fraction of sp³-hybridized carbons (Fsp3) is 0.826. The zero-order valence-electron chi connectivity index (χ0n) is 16.5. The van der Waals surface area contributed by atoms with Crippen molar-refractivity contribution in [2.75, 3.05) is 0 Å². The van der Waals surface area contributed by atoms with Gasteiger partial charge in [-0.3, -0.25) is 9.48 Å². The average Bonchev–Trinajstić information content (AvgIpc) is 3.05. The molecule has 6 aliphatic rings. The van der Waals surface area contributed by atoms with Gasteiger partial charge in [0.25, 0.3) is 5.91 Å². The molecular weight excluding hydrogens is 370 g/mol. The van der Waals surface area contributed by atoms with Gasteiger partial charge in [-0.05, 0) is 80.5 Å². The molecule has 150 valence electrons. The summed E-state index contributed by atoms with van der Waals surface area (Å²) in [4.78, 5) is 13.3. The van der Waals surface area contributed by atoms with Crippen LogP contribution in [-0.4, -0.2) is 21.7 Å².